The van der Waals surface area contributed by atoms with Gasteiger partial charge in [0.1, 0.15) is 0 Å². The molecule has 98 valence electrons. The first-order chi connectivity index (χ1) is 8.32. The highest BCUT2D eigenvalue weighted by molar-refractivity contribution is 5.93. The summed E-state index contributed by atoms with van der Waals surface area (Å²) < 4.78 is 0. The lowest BCUT2D eigenvalue weighted by Gasteiger charge is -2.23. The van der Waals surface area contributed by atoms with Crippen molar-refractivity contribution in [2.75, 3.05) is 18.5 Å². The summed E-state index contributed by atoms with van der Waals surface area (Å²) in [5.74, 6) is -1.75. The Morgan fingerprint density at radius 1 is 1.44 bits per heavy atom. The fraction of sp³-hybridized carbons (Fsp3) is 0.385. The number of carboxylic acid groups (broad SMARTS) is 1. The normalized spacial score (nSPS) is 11.9. The Balaban J connectivity index is 2.90. The minimum Gasteiger partial charge on any atom is -0.481 e. The lowest BCUT2D eigenvalue weighted by atomic mass is 10.1. The quantitative estimate of drug-likeness (QED) is 0.823. The van der Waals surface area contributed by atoms with E-state index in [4.69, 9.17) is 10.8 Å². The first-order valence-electron chi connectivity index (χ1n) is 5.67. The van der Waals surface area contributed by atoms with Crippen molar-refractivity contribution in [3.63, 3.8) is 0 Å². The zero-order valence-electron chi connectivity index (χ0n) is 10.8. The highest BCUT2D eigenvalue weighted by Crippen LogP contribution is 2.21. The van der Waals surface area contributed by atoms with Crippen molar-refractivity contribution in [1.82, 2.24) is 0 Å². The molecule has 18 heavy (non-hydrogen) atoms. The Kier molecular flexibility index (Phi) is 4.31. The second-order valence-electron chi connectivity index (χ2n) is 4.49. The van der Waals surface area contributed by atoms with Crippen LogP contribution in [0, 0.1) is 12.8 Å². The van der Waals surface area contributed by atoms with Gasteiger partial charge in [-0.25, -0.2) is 0 Å². The largest absolute Gasteiger partial charge is 0.481 e. The zero-order valence-corrected chi connectivity index (χ0v) is 10.8. The summed E-state index contributed by atoms with van der Waals surface area (Å²) in [6, 6.07) is 5.14. The number of carboxylic acids is 1. The molecular weight excluding hydrogens is 232 g/mol. The molecule has 0 aromatic heterocycles. The molecule has 1 atom stereocenters. The zero-order chi connectivity index (χ0) is 13.9. The molecule has 1 aromatic carbocycles. The number of amides is 1. The van der Waals surface area contributed by atoms with Crippen molar-refractivity contribution in [2.45, 2.75) is 13.8 Å². The number of carbonyl (C=O) groups is 2. The molecule has 0 heterocycles. The average Bonchev–Trinajstić information content (AvgIpc) is 2.28. The Hall–Kier alpha value is -2.04. The molecule has 1 unspecified atom stereocenters. The van der Waals surface area contributed by atoms with Crippen molar-refractivity contribution >= 4 is 17.6 Å². The van der Waals surface area contributed by atoms with Crippen molar-refractivity contribution < 1.29 is 14.7 Å². The molecule has 0 radical (unpaired) electrons. The average molecular weight is 250 g/mol. The molecule has 0 spiro atoms. The van der Waals surface area contributed by atoms with E-state index in [-0.39, 0.29) is 0 Å². The second kappa shape index (κ2) is 5.53. The maximum absolute atomic E-state index is 11.0. The van der Waals surface area contributed by atoms with Crippen LogP contribution in [-0.2, 0) is 4.79 Å². The van der Waals surface area contributed by atoms with Gasteiger partial charge >= 0.3 is 5.97 Å². The van der Waals surface area contributed by atoms with E-state index in [2.05, 4.69) is 0 Å². The number of benzene rings is 1. The molecule has 0 aliphatic heterocycles. The fourth-order valence-corrected chi connectivity index (χ4v) is 1.82. The van der Waals surface area contributed by atoms with Gasteiger partial charge in [-0.1, -0.05) is 6.92 Å². The lowest BCUT2D eigenvalue weighted by Crippen LogP contribution is -2.29. The fourth-order valence-electron chi connectivity index (χ4n) is 1.82. The van der Waals surface area contributed by atoms with Gasteiger partial charge in [-0.15, -0.1) is 0 Å². The molecule has 0 saturated carbocycles. The van der Waals surface area contributed by atoms with E-state index < -0.39 is 17.8 Å². The highest BCUT2D eigenvalue weighted by Gasteiger charge is 2.15. The summed E-state index contributed by atoms with van der Waals surface area (Å²) in [4.78, 5) is 23.7. The molecular formula is C13H18N2O3. The van der Waals surface area contributed by atoms with Gasteiger partial charge in [0.2, 0.25) is 5.91 Å². The molecule has 3 N–H and O–H groups in total. The van der Waals surface area contributed by atoms with Crippen LogP contribution in [0.3, 0.4) is 0 Å². The summed E-state index contributed by atoms with van der Waals surface area (Å²) in [5, 5.41) is 8.88. The number of nitrogens with two attached hydrogens (primary N) is 1. The molecule has 0 bridgehead atoms. The van der Waals surface area contributed by atoms with Gasteiger partial charge in [-0.2, -0.15) is 0 Å². The van der Waals surface area contributed by atoms with Gasteiger partial charge in [0.05, 0.1) is 5.92 Å². The summed E-state index contributed by atoms with van der Waals surface area (Å²) in [5.41, 5.74) is 7.44. The number of hydrogen-bond acceptors (Lipinski definition) is 3. The van der Waals surface area contributed by atoms with Crippen molar-refractivity contribution in [3.8, 4) is 0 Å². The van der Waals surface area contributed by atoms with Crippen LogP contribution in [0.5, 0.6) is 0 Å². The van der Waals surface area contributed by atoms with Gasteiger partial charge in [0, 0.05) is 24.8 Å². The van der Waals surface area contributed by atoms with Crippen LogP contribution in [0.25, 0.3) is 0 Å². The number of aliphatic carboxylic acids is 1. The van der Waals surface area contributed by atoms with E-state index in [1.54, 1.807) is 25.1 Å². The van der Waals surface area contributed by atoms with Gasteiger partial charge in [-0.05, 0) is 30.7 Å². The van der Waals surface area contributed by atoms with Crippen molar-refractivity contribution in [2.24, 2.45) is 11.7 Å². The van der Waals surface area contributed by atoms with Gasteiger partial charge in [-0.3, -0.25) is 9.59 Å². The third-order valence-electron chi connectivity index (χ3n) is 2.86. The third-order valence-corrected chi connectivity index (χ3v) is 2.86. The van der Waals surface area contributed by atoms with E-state index in [0.29, 0.717) is 12.1 Å². The number of nitrogens with zero attached hydrogens (tertiary/aromatic N) is 1. The molecule has 5 nitrogen and oxygen atoms in total. The number of carbonyl (C=O) groups excluding carboxylic acids is 1. The molecule has 1 rings (SSSR count). The van der Waals surface area contributed by atoms with Crippen LogP contribution < -0.4 is 10.6 Å². The Morgan fingerprint density at radius 2 is 2.06 bits per heavy atom. The highest BCUT2D eigenvalue weighted by atomic mass is 16.4. The molecule has 1 aromatic rings. The van der Waals surface area contributed by atoms with E-state index in [1.807, 2.05) is 18.9 Å². The van der Waals surface area contributed by atoms with Crippen LogP contribution in [0.15, 0.2) is 18.2 Å². The number of primary amides is 1. The van der Waals surface area contributed by atoms with E-state index in [1.165, 1.54) is 0 Å². The monoisotopic (exact) mass is 250 g/mol. The number of anilines is 1. The van der Waals surface area contributed by atoms with Crippen LogP contribution in [0.4, 0.5) is 5.69 Å². The van der Waals surface area contributed by atoms with E-state index in [9.17, 15) is 9.59 Å². The van der Waals surface area contributed by atoms with Crippen LogP contribution >= 0.6 is 0 Å². The maximum atomic E-state index is 11.0. The smallest absolute Gasteiger partial charge is 0.308 e. The predicted molar refractivity (Wildman–Crippen MR) is 69.8 cm³/mol. The predicted octanol–water partition coefficient (Wildman–Crippen LogP) is 1.25. The van der Waals surface area contributed by atoms with Crippen LogP contribution in [-0.4, -0.2) is 30.6 Å². The standard InChI is InChI=1S/C13H18N2O3/c1-8-6-10(12(14)16)4-5-11(8)15(3)7-9(2)13(17)18/h4-6,9H,7H2,1-3H3,(H2,14,16)(H,17,18). The van der Waals surface area contributed by atoms with E-state index in [0.717, 1.165) is 11.3 Å². The van der Waals surface area contributed by atoms with Gasteiger partial charge < -0.3 is 15.7 Å². The first kappa shape index (κ1) is 14.0. The van der Waals surface area contributed by atoms with Crippen molar-refractivity contribution in [3.05, 3.63) is 29.3 Å². The molecule has 0 fully saturated rings. The number of rotatable bonds is 5. The van der Waals surface area contributed by atoms with Gasteiger partial charge in [0.25, 0.3) is 0 Å². The first-order valence-corrected chi connectivity index (χ1v) is 5.67. The summed E-state index contributed by atoms with van der Waals surface area (Å²) in [6.07, 6.45) is 0. The topological polar surface area (TPSA) is 83.6 Å². The Morgan fingerprint density at radius 3 is 2.50 bits per heavy atom. The van der Waals surface area contributed by atoms with Crippen LogP contribution in [0.2, 0.25) is 0 Å². The van der Waals surface area contributed by atoms with Crippen LogP contribution in [0.1, 0.15) is 22.8 Å². The minimum absolute atomic E-state index is 0.409. The van der Waals surface area contributed by atoms with E-state index >= 15 is 0 Å². The number of hydrogen-bond donors (Lipinski definition) is 2. The second-order valence-corrected chi connectivity index (χ2v) is 4.49. The summed E-state index contributed by atoms with van der Waals surface area (Å²) >= 11 is 0. The molecule has 0 aliphatic carbocycles. The SMILES string of the molecule is Cc1cc(C(N)=O)ccc1N(C)CC(C)C(=O)O. The minimum atomic E-state index is -0.826. The van der Waals surface area contributed by atoms with Gasteiger partial charge in [0.15, 0.2) is 0 Å². The molecule has 1 amide bonds. The maximum Gasteiger partial charge on any atom is 0.308 e. The number of aryl methyl sites for hydroxylation is 1. The Labute approximate surface area is 106 Å². The lowest BCUT2D eigenvalue weighted by molar-refractivity contribution is -0.140. The molecule has 5 heteroatoms. The Bertz CT molecular complexity index is 471. The third kappa shape index (κ3) is 3.23. The summed E-state index contributed by atoms with van der Waals surface area (Å²) in [6.45, 7) is 3.93. The molecule has 0 aliphatic rings. The molecule has 0 saturated heterocycles. The van der Waals surface area contributed by atoms with Crippen molar-refractivity contribution in [1.29, 1.82) is 0 Å². The summed E-state index contributed by atoms with van der Waals surface area (Å²) in [7, 11) is 1.83.